The Kier molecular flexibility index (Phi) is 7.90. The zero-order valence-electron chi connectivity index (χ0n) is 35.7. The first-order valence-electron chi connectivity index (χ1n) is 22.3. The lowest BCUT2D eigenvalue weighted by molar-refractivity contribution is 0.660. The maximum atomic E-state index is 6.92. The maximum absolute atomic E-state index is 6.92. The normalized spacial score (nSPS) is 14.0. The molecule has 0 N–H and O–H groups in total. The highest BCUT2D eigenvalue weighted by molar-refractivity contribution is 6.15. The molecular weight excluding hydrogens is 775 g/mol. The third kappa shape index (κ3) is 5.20. The number of hydrogen-bond donors (Lipinski definition) is 0. The fourth-order valence-corrected chi connectivity index (χ4v) is 11.4. The third-order valence-corrected chi connectivity index (χ3v) is 14.3. The lowest BCUT2D eigenvalue weighted by Gasteiger charge is -2.35. The first-order chi connectivity index (χ1) is 31.5. The van der Waals surface area contributed by atoms with Crippen LogP contribution in [0.1, 0.15) is 47.2 Å². The quantitative estimate of drug-likeness (QED) is 0.166. The molecule has 0 amide bonds. The lowest BCUT2D eigenvalue weighted by Crippen LogP contribution is -2.28. The largest absolute Gasteiger partial charge is 0.455 e. The molecule has 1 heterocycles. The van der Waals surface area contributed by atoms with Gasteiger partial charge in [-0.2, -0.15) is 0 Å². The van der Waals surface area contributed by atoms with Crippen molar-refractivity contribution in [2.24, 2.45) is 0 Å². The van der Waals surface area contributed by atoms with Crippen LogP contribution >= 0.6 is 0 Å². The molecule has 0 unspecified atom stereocenters. The molecule has 2 heteroatoms. The molecule has 13 rings (SSSR count). The van der Waals surface area contributed by atoms with E-state index in [9.17, 15) is 0 Å². The molecule has 302 valence electrons. The number of benzene rings is 10. The van der Waals surface area contributed by atoms with E-state index in [1.807, 2.05) is 0 Å². The second-order valence-corrected chi connectivity index (χ2v) is 18.0. The summed E-state index contributed by atoms with van der Waals surface area (Å²) < 4.78 is 6.92. The van der Waals surface area contributed by atoms with Crippen LogP contribution in [0.25, 0.3) is 66.1 Å². The summed E-state index contributed by atoms with van der Waals surface area (Å²) in [4.78, 5) is 2.50. The Morgan fingerprint density at radius 3 is 1.55 bits per heavy atom. The number of nitrogens with zero attached hydrogens (tertiary/aromatic N) is 1. The Balaban J connectivity index is 1.12. The zero-order valence-corrected chi connectivity index (χ0v) is 35.7. The van der Waals surface area contributed by atoms with E-state index in [0.717, 1.165) is 50.1 Å². The number of rotatable bonds is 6. The van der Waals surface area contributed by atoms with Crippen molar-refractivity contribution in [3.63, 3.8) is 0 Å². The molecular formula is C62H43NO. The van der Waals surface area contributed by atoms with Gasteiger partial charge in [0.05, 0.1) is 5.41 Å². The number of furan rings is 1. The molecule has 0 aliphatic heterocycles. The van der Waals surface area contributed by atoms with E-state index in [1.165, 1.54) is 66.4 Å². The predicted molar refractivity (Wildman–Crippen MR) is 266 cm³/mol. The molecule has 0 atom stereocenters. The molecule has 0 spiro atoms. The first kappa shape index (κ1) is 36.7. The van der Waals surface area contributed by atoms with Crippen molar-refractivity contribution < 1.29 is 4.42 Å². The minimum Gasteiger partial charge on any atom is -0.455 e. The van der Waals surface area contributed by atoms with Gasteiger partial charge in [-0.3, -0.25) is 0 Å². The summed E-state index contributed by atoms with van der Waals surface area (Å²) in [7, 11) is 0. The van der Waals surface area contributed by atoms with Crippen molar-refractivity contribution in [1.82, 2.24) is 0 Å². The molecule has 0 fully saturated rings. The van der Waals surface area contributed by atoms with Crippen LogP contribution in [0.3, 0.4) is 0 Å². The number of fused-ring (bicyclic) bond motifs is 10. The molecule has 0 radical (unpaired) electrons. The first-order valence-corrected chi connectivity index (χ1v) is 22.3. The van der Waals surface area contributed by atoms with Crippen LogP contribution in [0.4, 0.5) is 17.1 Å². The Labute approximate surface area is 373 Å². The Morgan fingerprint density at radius 2 is 0.875 bits per heavy atom. The van der Waals surface area contributed by atoms with E-state index in [-0.39, 0.29) is 5.41 Å². The van der Waals surface area contributed by atoms with Crippen LogP contribution in [0.15, 0.2) is 229 Å². The Hall–Kier alpha value is -7.94. The highest BCUT2D eigenvalue weighted by atomic mass is 16.3. The van der Waals surface area contributed by atoms with Crippen molar-refractivity contribution in [1.29, 1.82) is 0 Å². The minimum atomic E-state index is -0.543. The van der Waals surface area contributed by atoms with E-state index < -0.39 is 5.41 Å². The van der Waals surface area contributed by atoms with Gasteiger partial charge in [-0.25, -0.2) is 0 Å². The van der Waals surface area contributed by atoms with E-state index in [4.69, 9.17) is 4.42 Å². The van der Waals surface area contributed by atoms with E-state index in [1.54, 1.807) is 0 Å². The fraction of sp³-hybridized carbons (Fsp3) is 0.0645. The van der Waals surface area contributed by atoms with Crippen LogP contribution in [0.5, 0.6) is 0 Å². The number of hydrogen-bond acceptors (Lipinski definition) is 2. The SMILES string of the molecule is CC1(C)c2ccccc2-c2ccc(N(c3ccc4c(c3)C(c3ccccc3)(c3ccccc3)c3ccccc3-4)c3cc(-c4ccccc4)c4oc5cc6ccccc6cc5c4c3)cc21. The minimum absolute atomic E-state index is 0.177. The van der Waals surface area contributed by atoms with E-state index >= 15 is 0 Å². The van der Waals surface area contributed by atoms with Crippen molar-refractivity contribution >= 4 is 49.8 Å². The predicted octanol–water partition coefficient (Wildman–Crippen LogP) is 16.5. The Morgan fingerprint density at radius 1 is 0.359 bits per heavy atom. The molecule has 10 aromatic carbocycles. The summed E-state index contributed by atoms with van der Waals surface area (Å²) in [6, 6.07) is 82.9. The highest BCUT2D eigenvalue weighted by Gasteiger charge is 2.46. The van der Waals surface area contributed by atoms with Gasteiger partial charge in [0.1, 0.15) is 11.2 Å². The molecule has 1 aromatic heterocycles. The summed E-state index contributed by atoms with van der Waals surface area (Å²) in [5, 5.41) is 4.55. The summed E-state index contributed by atoms with van der Waals surface area (Å²) >= 11 is 0. The van der Waals surface area contributed by atoms with Crippen molar-refractivity contribution in [2.45, 2.75) is 24.7 Å². The maximum Gasteiger partial charge on any atom is 0.143 e. The molecule has 2 aliphatic carbocycles. The fourth-order valence-electron chi connectivity index (χ4n) is 11.4. The molecule has 0 saturated heterocycles. The van der Waals surface area contributed by atoms with Crippen LogP contribution < -0.4 is 4.90 Å². The van der Waals surface area contributed by atoms with Gasteiger partial charge in [-0.05, 0) is 121 Å². The van der Waals surface area contributed by atoms with Crippen LogP contribution in [0, 0.1) is 0 Å². The van der Waals surface area contributed by atoms with Crippen LogP contribution in [0.2, 0.25) is 0 Å². The second kappa shape index (κ2) is 13.8. The average Bonchev–Trinajstić information content (AvgIpc) is 3.94. The van der Waals surface area contributed by atoms with Crippen LogP contribution in [-0.2, 0) is 10.8 Å². The Bertz CT molecular complexity index is 3600. The molecule has 2 nitrogen and oxygen atoms in total. The van der Waals surface area contributed by atoms with Gasteiger partial charge in [-0.15, -0.1) is 0 Å². The standard InChI is InChI=1S/C62H43NO/c1-61(2)55-28-16-14-26-48(55)50-32-30-45(38-57(50)61)63(47-36-52(40-18-6-3-7-19-40)60-54(37-47)53-34-41-20-12-13-21-42(41)35-59(53)64-60)46-31-33-51-49-27-15-17-29-56(49)62(58(51)39-46,43-22-8-4-9-23-43)44-24-10-5-11-25-44/h3-39H,1-2H3. The summed E-state index contributed by atoms with van der Waals surface area (Å²) in [5.41, 5.74) is 19.4. The number of anilines is 3. The van der Waals surface area contributed by atoms with Crippen molar-refractivity contribution in [3.8, 4) is 33.4 Å². The highest BCUT2D eigenvalue weighted by Crippen LogP contribution is 2.58. The third-order valence-electron chi connectivity index (χ3n) is 14.3. The van der Waals surface area contributed by atoms with E-state index in [2.05, 4.69) is 243 Å². The molecule has 2 aliphatic rings. The monoisotopic (exact) mass is 817 g/mol. The van der Waals surface area contributed by atoms with E-state index in [0.29, 0.717) is 0 Å². The van der Waals surface area contributed by atoms with Gasteiger partial charge in [0.25, 0.3) is 0 Å². The van der Waals surface area contributed by atoms with Crippen molar-refractivity contribution in [3.05, 3.63) is 258 Å². The topological polar surface area (TPSA) is 16.4 Å². The summed E-state index contributed by atoms with van der Waals surface area (Å²) in [6.45, 7) is 4.74. The van der Waals surface area contributed by atoms with Gasteiger partial charge in [0, 0.05) is 38.8 Å². The van der Waals surface area contributed by atoms with Gasteiger partial charge in [0.2, 0.25) is 0 Å². The molecule has 0 saturated carbocycles. The molecule has 64 heavy (non-hydrogen) atoms. The van der Waals surface area contributed by atoms with Gasteiger partial charge in [0.15, 0.2) is 0 Å². The summed E-state index contributed by atoms with van der Waals surface area (Å²) in [6.07, 6.45) is 0. The van der Waals surface area contributed by atoms with Gasteiger partial charge < -0.3 is 9.32 Å². The van der Waals surface area contributed by atoms with Gasteiger partial charge in [-0.1, -0.05) is 190 Å². The van der Waals surface area contributed by atoms with Gasteiger partial charge >= 0.3 is 0 Å². The van der Waals surface area contributed by atoms with Crippen molar-refractivity contribution in [2.75, 3.05) is 4.90 Å². The molecule has 0 bridgehead atoms. The van der Waals surface area contributed by atoms with Crippen LogP contribution in [-0.4, -0.2) is 0 Å². The lowest BCUT2D eigenvalue weighted by atomic mass is 9.67. The summed E-state index contributed by atoms with van der Waals surface area (Å²) in [5.74, 6) is 0. The zero-order chi connectivity index (χ0) is 42.6. The second-order valence-electron chi connectivity index (χ2n) is 18.0. The smallest absolute Gasteiger partial charge is 0.143 e. The molecule has 11 aromatic rings. The average molecular weight is 818 g/mol.